The van der Waals surface area contributed by atoms with Crippen molar-refractivity contribution in [2.75, 3.05) is 7.05 Å². The van der Waals surface area contributed by atoms with Gasteiger partial charge in [-0.2, -0.15) is 0 Å². The van der Waals surface area contributed by atoms with Gasteiger partial charge in [0.25, 0.3) is 0 Å². The maximum Gasteiger partial charge on any atom is 0.104 e. The average molecular weight is 360 g/mol. The summed E-state index contributed by atoms with van der Waals surface area (Å²) in [6.45, 7) is 9.53. The lowest BCUT2D eigenvalue weighted by Crippen LogP contribution is -2.55. The first-order chi connectivity index (χ1) is 12.3. The third-order valence-electron chi connectivity index (χ3n) is 9.93. The molecule has 148 valence electrons. The molecule has 0 aromatic carbocycles. The summed E-state index contributed by atoms with van der Waals surface area (Å²) in [5, 5.41) is 10.0. The molecule has 0 radical (unpaired) electrons. The van der Waals surface area contributed by atoms with E-state index in [4.69, 9.17) is 0 Å². The lowest BCUT2D eigenvalue weighted by atomic mass is 9.44. The van der Waals surface area contributed by atoms with Crippen LogP contribution < -0.4 is 0 Å². The lowest BCUT2D eigenvalue weighted by molar-refractivity contribution is -0.120. The van der Waals surface area contributed by atoms with Gasteiger partial charge in [-0.05, 0) is 106 Å². The molecule has 8 atom stereocenters. The first-order valence-corrected chi connectivity index (χ1v) is 11.4. The van der Waals surface area contributed by atoms with Gasteiger partial charge < -0.3 is 5.11 Å². The van der Waals surface area contributed by atoms with E-state index in [1.807, 2.05) is 6.92 Å². The first-order valence-electron chi connectivity index (χ1n) is 11.4. The van der Waals surface area contributed by atoms with Crippen molar-refractivity contribution in [2.45, 2.75) is 97.8 Å². The molecule has 0 spiro atoms. The molecule has 2 nitrogen and oxygen atoms in total. The lowest BCUT2D eigenvalue weighted by Gasteiger charge is -2.61. The SMILES string of the molecule is CCC1=CCC2C3CCC4CC(N(C)C(C)O)CCC4(C)C3CCC12C. The van der Waals surface area contributed by atoms with Crippen LogP contribution in [0.3, 0.4) is 0 Å². The normalized spacial score (nSPS) is 49.2. The quantitative estimate of drug-likeness (QED) is 0.522. The van der Waals surface area contributed by atoms with E-state index in [9.17, 15) is 5.11 Å². The highest BCUT2D eigenvalue weighted by Gasteiger charge is 2.58. The van der Waals surface area contributed by atoms with Crippen LogP contribution in [0.15, 0.2) is 11.6 Å². The van der Waals surface area contributed by atoms with Crippen molar-refractivity contribution in [3.05, 3.63) is 11.6 Å². The number of nitrogens with zero attached hydrogens (tertiary/aromatic N) is 1. The Morgan fingerprint density at radius 1 is 1.15 bits per heavy atom. The molecule has 0 aromatic heterocycles. The standard InChI is InChI=1S/C24H41NO/c1-6-17-8-10-21-20-9-7-18-15-19(25(5)16(2)26)11-13-24(18,4)22(20)12-14-23(17,21)3/h8,16,18-22,26H,6-7,9-15H2,1-5H3. The fourth-order valence-corrected chi connectivity index (χ4v) is 8.11. The minimum absolute atomic E-state index is 0.312. The molecule has 8 unspecified atom stereocenters. The van der Waals surface area contributed by atoms with Gasteiger partial charge in [-0.15, -0.1) is 0 Å². The van der Waals surface area contributed by atoms with Gasteiger partial charge in [0.05, 0.1) is 0 Å². The van der Waals surface area contributed by atoms with E-state index in [2.05, 4.69) is 38.8 Å². The second-order valence-corrected chi connectivity index (χ2v) is 10.7. The minimum atomic E-state index is -0.312. The number of aliphatic hydroxyl groups excluding tert-OH is 1. The Morgan fingerprint density at radius 3 is 2.62 bits per heavy atom. The number of aliphatic hydroxyl groups is 1. The van der Waals surface area contributed by atoms with Gasteiger partial charge >= 0.3 is 0 Å². The summed E-state index contributed by atoms with van der Waals surface area (Å²) in [6, 6.07) is 0.582. The molecule has 4 aliphatic carbocycles. The van der Waals surface area contributed by atoms with Gasteiger partial charge in [0.1, 0.15) is 6.23 Å². The highest BCUT2D eigenvalue weighted by molar-refractivity contribution is 5.25. The molecular formula is C24H41NO. The van der Waals surface area contributed by atoms with Gasteiger partial charge in [0.2, 0.25) is 0 Å². The Labute approximate surface area is 161 Å². The highest BCUT2D eigenvalue weighted by Crippen LogP contribution is 2.66. The fraction of sp³-hybridized carbons (Fsp3) is 0.917. The van der Waals surface area contributed by atoms with Crippen LogP contribution in [0.25, 0.3) is 0 Å². The summed E-state index contributed by atoms with van der Waals surface area (Å²) >= 11 is 0. The summed E-state index contributed by atoms with van der Waals surface area (Å²) in [6.07, 6.45) is 14.7. The van der Waals surface area contributed by atoms with Gasteiger partial charge in [0, 0.05) is 6.04 Å². The van der Waals surface area contributed by atoms with Gasteiger partial charge in [-0.25, -0.2) is 0 Å². The molecular weight excluding hydrogens is 318 g/mol. The predicted molar refractivity (Wildman–Crippen MR) is 109 cm³/mol. The Bertz CT molecular complexity index is 569. The van der Waals surface area contributed by atoms with E-state index in [1.54, 1.807) is 5.57 Å². The monoisotopic (exact) mass is 359 g/mol. The smallest absolute Gasteiger partial charge is 0.104 e. The van der Waals surface area contributed by atoms with Crippen LogP contribution >= 0.6 is 0 Å². The molecule has 0 saturated heterocycles. The number of hydrogen-bond acceptors (Lipinski definition) is 2. The average Bonchev–Trinajstić information content (AvgIpc) is 2.96. The number of allylic oxidation sites excluding steroid dienone is 2. The fourth-order valence-electron chi connectivity index (χ4n) is 8.11. The van der Waals surface area contributed by atoms with E-state index in [0.717, 1.165) is 23.7 Å². The zero-order chi connectivity index (χ0) is 18.7. The van der Waals surface area contributed by atoms with Crippen LogP contribution in [0.1, 0.15) is 85.5 Å². The summed E-state index contributed by atoms with van der Waals surface area (Å²) < 4.78 is 0. The predicted octanol–water partition coefficient (Wildman–Crippen LogP) is 5.61. The maximum absolute atomic E-state index is 10.0. The second kappa shape index (κ2) is 6.62. The van der Waals surface area contributed by atoms with E-state index < -0.39 is 0 Å². The van der Waals surface area contributed by atoms with Gasteiger partial charge in [-0.1, -0.05) is 32.4 Å². The van der Waals surface area contributed by atoms with Crippen molar-refractivity contribution in [3.63, 3.8) is 0 Å². The molecule has 2 heteroatoms. The molecule has 0 heterocycles. The number of rotatable bonds is 3. The molecule has 0 amide bonds. The molecule has 3 fully saturated rings. The van der Waals surface area contributed by atoms with Crippen LogP contribution in [-0.4, -0.2) is 29.3 Å². The van der Waals surface area contributed by atoms with E-state index in [1.165, 1.54) is 57.8 Å². The largest absolute Gasteiger partial charge is 0.379 e. The van der Waals surface area contributed by atoms with Crippen LogP contribution in [0.4, 0.5) is 0 Å². The molecule has 0 bridgehead atoms. The van der Waals surface area contributed by atoms with Crippen LogP contribution in [0.2, 0.25) is 0 Å². The third kappa shape index (κ3) is 2.65. The zero-order valence-corrected chi connectivity index (χ0v) is 17.8. The Hall–Kier alpha value is -0.340. The summed E-state index contributed by atoms with van der Waals surface area (Å²) in [5.41, 5.74) is 2.84. The van der Waals surface area contributed by atoms with E-state index >= 15 is 0 Å². The number of fused-ring (bicyclic) bond motifs is 5. The van der Waals surface area contributed by atoms with E-state index in [-0.39, 0.29) is 6.23 Å². The van der Waals surface area contributed by atoms with E-state index in [0.29, 0.717) is 16.9 Å². The Morgan fingerprint density at radius 2 is 1.92 bits per heavy atom. The van der Waals surface area contributed by atoms with Crippen molar-refractivity contribution < 1.29 is 5.11 Å². The molecule has 26 heavy (non-hydrogen) atoms. The van der Waals surface area contributed by atoms with Crippen molar-refractivity contribution in [3.8, 4) is 0 Å². The van der Waals surface area contributed by atoms with Crippen molar-refractivity contribution in [2.24, 2.45) is 34.5 Å². The van der Waals surface area contributed by atoms with Crippen LogP contribution in [-0.2, 0) is 0 Å². The Balaban J connectivity index is 1.53. The molecule has 4 aliphatic rings. The zero-order valence-electron chi connectivity index (χ0n) is 17.8. The molecule has 0 aliphatic heterocycles. The molecule has 3 saturated carbocycles. The van der Waals surface area contributed by atoms with Crippen molar-refractivity contribution >= 4 is 0 Å². The van der Waals surface area contributed by atoms with Crippen LogP contribution in [0.5, 0.6) is 0 Å². The number of hydrogen-bond donors (Lipinski definition) is 1. The minimum Gasteiger partial charge on any atom is -0.379 e. The van der Waals surface area contributed by atoms with Gasteiger partial charge in [-0.3, -0.25) is 4.90 Å². The summed E-state index contributed by atoms with van der Waals surface area (Å²) in [7, 11) is 2.12. The highest BCUT2D eigenvalue weighted by atomic mass is 16.3. The Kier molecular flexibility index (Phi) is 4.84. The third-order valence-corrected chi connectivity index (χ3v) is 9.93. The topological polar surface area (TPSA) is 23.5 Å². The summed E-state index contributed by atoms with van der Waals surface area (Å²) in [5.74, 6) is 3.70. The molecule has 1 N–H and O–H groups in total. The van der Waals surface area contributed by atoms with Crippen molar-refractivity contribution in [1.82, 2.24) is 4.90 Å². The first kappa shape index (κ1) is 19.0. The maximum atomic E-state index is 10.0. The van der Waals surface area contributed by atoms with Crippen LogP contribution in [0, 0.1) is 34.5 Å². The van der Waals surface area contributed by atoms with Crippen molar-refractivity contribution in [1.29, 1.82) is 0 Å². The molecule has 0 aromatic rings. The van der Waals surface area contributed by atoms with Gasteiger partial charge in [0.15, 0.2) is 0 Å². The second-order valence-electron chi connectivity index (χ2n) is 10.7. The molecule has 4 rings (SSSR count). The summed E-state index contributed by atoms with van der Waals surface area (Å²) in [4.78, 5) is 2.22.